The summed E-state index contributed by atoms with van der Waals surface area (Å²) in [7, 11) is 1.61. The van der Waals surface area contributed by atoms with Crippen LogP contribution in [0.3, 0.4) is 0 Å². The van der Waals surface area contributed by atoms with Crippen LogP contribution in [0, 0.1) is 0 Å². The Labute approximate surface area is 131 Å². The van der Waals surface area contributed by atoms with E-state index < -0.39 is 0 Å². The first-order chi connectivity index (χ1) is 10.8. The number of pyridine rings is 1. The molecule has 2 N–H and O–H groups in total. The van der Waals surface area contributed by atoms with Crippen molar-refractivity contribution in [2.75, 3.05) is 13.7 Å². The molecule has 2 aliphatic rings. The second-order valence-corrected chi connectivity index (χ2v) is 5.74. The molecule has 1 aliphatic heterocycles. The summed E-state index contributed by atoms with van der Waals surface area (Å²) in [6, 6.07) is 3.88. The highest BCUT2D eigenvalue weighted by atomic mass is 16.7. The van der Waals surface area contributed by atoms with Crippen molar-refractivity contribution < 1.29 is 9.57 Å². The van der Waals surface area contributed by atoms with Gasteiger partial charge in [-0.3, -0.25) is 0 Å². The Kier molecular flexibility index (Phi) is 4.63. The zero-order valence-corrected chi connectivity index (χ0v) is 13.0. The van der Waals surface area contributed by atoms with Crippen molar-refractivity contribution in [3.63, 3.8) is 0 Å². The lowest BCUT2D eigenvalue weighted by atomic mass is 9.97. The molecular weight excluding hydrogens is 278 g/mol. The summed E-state index contributed by atoms with van der Waals surface area (Å²) in [6.45, 7) is 0.833. The number of hydrogen-bond donors (Lipinski definition) is 1. The summed E-state index contributed by atoms with van der Waals surface area (Å²) in [6.07, 6.45) is 12.2. The Hall–Kier alpha value is -2.01. The standard InChI is InChI=1S/C17H23N3O2/c1-21-17-8-7-14(12-19-17)15-11-16(18)22-20(15)10-9-13-5-3-2-4-6-13/h5,7-8,11-12,15H,2-4,6,9-10,18H2,1H3. The van der Waals surface area contributed by atoms with E-state index in [1.807, 2.05) is 29.5 Å². The minimum absolute atomic E-state index is 0.0163. The van der Waals surface area contributed by atoms with Crippen molar-refractivity contribution in [2.45, 2.75) is 38.1 Å². The Morgan fingerprint density at radius 3 is 3.00 bits per heavy atom. The molecule has 1 aromatic heterocycles. The van der Waals surface area contributed by atoms with Gasteiger partial charge in [-0.2, -0.15) is 0 Å². The van der Waals surface area contributed by atoms with E-state index in [9.17, 15) is 0 Å². The molecule has 0 fully saturated rings. The fraction of sp³-hybridized carbons (Fsp3) is 0.471. The maximum atomic E-state index is 5.86. The average molecular weight is 301 g/mol. The van der Waals surface area contributed by atoms with E-state index in [1.54, 1.807) is 7.11 Å². The monoisotopic (exact) mass is 301 g/mol. The highest BCUT2D eigenvalue weighted by Gasteiger charge is 2.27. The van der Waals surface area contributed by atoms with E-state index in [-0.39, 0.29) is 6.04 Å². The summed E-state index contributed by atoms with van der Waals surface area (Å²) in [5, 5.41) is 1.94. The van der Waals surface area contributed by atoms with Crippen molar-refractivity contribution in [2.24, 2.45) is 5.73 Å². The number of aromatic nitrogens is 1. The summed E-state index contributed by atoms with van der Waals surface area (Å²) in [4.78, 5) is 9.93. The third kappa shape index (κ3) is 3.42. The van der Waals surface area contributed by atoms with E-state index in [2.05, 4.69) is 11.1 Å². The maximum absolute atomic E-state index is 5.86. The lowest BCUT2D eigenvalue weighted by molar-refractivity contribution is -0.119. The first-order valence-corrected chi connectivity index (χ1v) is 7.86. The van der Waals surface area contributed by atoms with Gasteiger partial charge >= 0.3 is 0 Å². The lowest BCUT2D eigenvalue weighted by Gasteiger charge is -2.24. The first kappa shape index (κ1) is 14.9. The second kappa shape index (κ2) is 6.83. The van der Waals surface area contributed by atoms with Gasteiger partial charge in [0.05, 0.1) is 13.2 Å². The molecule has 22 heavy (non-hydrogen) atoms. The molecule has 0 radical (unpaired) electrons. The van der Waals surface area contributed by atoms with E-state index in [0.717, 1.165) is 18.5 Å². The van der Waals surface area contributed by atoms with Crippen molar-refractivity contribution in [1.29, 1.82) is 0 Å². The molecule has 0 saturated heterocycles. The third-order valence-corrected chi connectivity index (χ3v) is 4.20. The topological polar surface area (TPSA) is 60.6 Å². The number of rotatable bonds is 5. The van der Waals surface area contributed by atoms with E-state index in [1.165, 1.54) is 31.3 Å². The van der Waals surface area contributed by atoms with Gasteiger partial charge in [0.15, 0.2) is 0 Å². The second-order valence-electron chi connectivity index (χ2n) is 5.74. The third-order valence-electron chi connectivity index (χ3n) is 4.20. The lowest BCUT2D eigenvalue weighted by Crippen LogP contribution is -2.25. The Bertz CT molecular complexity index is 566. The van der Waals surface area contributed by atoms with Gasteiger partial charge < -0.3 is 15.3 Å². The largest absolute Gasteiger partial charge is 0.481 e. The summed E-state index contributed by atoms with van der Waals surface area (Å²) in [5.74, 6) is 1.07. The fourth-order valence-electron chi connectivity index (χ4n) is 2.98. The van der Waals surface area contributed by atoms with Crippen LogP contribution in [-0.4, -0.2) is 23.7 Å². The van der Waals surface area contributed by atoms with Crippen LogP contribution in [0.1, 0.15) is 43.7 Å². The van der Waals surface area contributed by atoms with Crippen molar-refractivity contribution in [1.82, 2.24) is 10.0 Å². The molecule has 0 aromatic carbocycles. The SMILES string of the molecule is COc1ccc(C2C=C(N)ON2CCC2=CCCCC2)cn1. The molecule has 5 heteroatoms. The molecule has 1 atom stereocenters. The quantitative estimate of drug-likeness (QED) is 0.847. The van der Waals surface area contributed by atoms with Crippen LogP contribution in [0.25, 0.3) is 0 Å². The smallest absolute Gasteiger partial charge is 0.212 e. The van der Waals surface area contributed by atoms with Crippen molar-refractivity contribution >= 4 is 0 Å². The van der Waals surface area contributed by atoms with Gasteiger partial charge in [0, 0.05) is 24.9 Å². The number of nitrogens with two attached hydrogens (primary N) is 1. The Morgan fingerprint density at radius 2 is 2.32 bits per heavy atom. The maximum Gasteiger partial charge on any atom is 0.212 e. The van der Waals surface area contributed by atoms with Gasteiger partial charge in [0.25, 0.3) is 0 Å². The number of allylic oxidation sites excluding steroid dienone is 1. The number of methoxy groups -OCH3 is 1. The summed E-state index contributed by atoms with van der Waals surface area (Å²) >= 11 is 0. The van der Waals surface area contributed by atoms with E-state index in [0.29, 0.717) is 11.8 Å². The van der Waals surface area contributed by atoms with Gasteiger partial charge in [-0.1, -0.05) is 17.7 Å². The molecule has 5 nitrogen and oxygen atoms in total. The van der Waals surface area contributed by atoms with Crippen LogP contribution in [-0.2, 0) is 4.84 Å². The highest BCUT2D eigenvalue weighted by molar-refractivity contribution is 5.25. The van der Waals surface area contributed by atoms with Crippen LogP contribution >= 0.6 is 0 Å². The molecule has 0 amide bonds. The Morgan fingerprint density at radius 1 is 1.41 bits per heavy atom. The minimum Gasteiger partial charge on any atom is -0.481 e. The average Bonchev–Trinajstić information content (AvgIpc) is 2.95. The van der Waals surface area contributed by atoms with Crippen molar-refractivity contribution in [3.8, 4) is 5.88 Å². The van der Waals surface area contributed by atoms with Crippen LogP contribution < -0.4 is 10.5 Å². The predicted octanol–water partition coefficient (Wildman–Crippen LogP) is 3.07. The zero-order valence-electron chi connectivity index (χ0n) is 13.0. The summed E-state index contributed by atoms with van der Waals surface area (Å²) < 4.78 is 5.10. The fourth-order valence-corrected chi connectivity index (χ4v) is 2.98. The first-order valence-electron chi connectivity index (χ1n) is 7.86. The molecule has 1 unspecified atom stereocenters. The number of hydrogen-bond acceptors (Lipinski definition) is 5. The molecule has 2 heterocycles. The van der Waals surface area contributed by atoms with Gasteiger partial charge in [-0.05, 0) is 37.7 Å². The van der Waals surface area contributed by atoms with Crippen LogP contribution in [0.2, 0.25) is 0 Å². The number of nitrogens with zero attached hydrogens (tertiary/aromatic N) is 2. The highest BCUT2D eigenvalue weighted by Crippen LogP contribution is 2.31. The van der Waals surface area contributed by atoms with E-state index in [4.69, 9.17) is 15.3 Å². The van der Waals surface area contributed by atoms with Crippen LogP contribution in [0.15, 0.2) is 41.9 Å². The summed E-state index contributed by atoms with van der Waals surface area (Å²) in [5.41, 5.74) is 8.44. The molecule has 0 saturated carbocycles. The minimum atomic E-state index is 0.0163. The van der Waals surface area contributed by atoms with Gasteiger partial charge in [0.1, 0.15) is 0 Å². The predicted molar refractivity (Wildman–Crippen MR) is 84.8 cm³/mol. The molecule has 118 valence electrons. The van der Waals surface area contributed by atoms with Crippen LogP contribution in [0.5, 0.6) is 5.88 Å². The van der Waals surface area contributed by atoms with Crippen molar-refractivity contribution in [3.05, 3.63) is 47.5 Å². The number of ether oxygens (including phenoxy) is 1. The molecular formula is C17H23N3O2. The Balaban J connectivity index is 1.66. The molecule has 3 rings (SSSR count). The number of hydroxylamine groups is 2. The molecule has 0 spiro atoms. The van der Waals surface area contributed by atoms with Crippen LogP contribution in [0.4, 0.5) is 0 Å². The van der Waals surface area contributed by atoms with Gasteiger partial charge in [-0.15, -0.1) is 5.06 Å². The normalized spacial score (nSPS) is 22.0. The van der Waals surface area contributed by atoms with Gasteiger partial charge in [0.2, 0.25) is 11.8 Å². The molecule has 0 bridgehead atoms. The zero-order chi connectivity index (χ0) is 15.4. The van der Waals surface area contributed by atoms with Gasteiger partial charge in [-0.25, -0.2) is 4.98 Å². The molecule has 1 aliphatic carbocycles. The van der Waals surface area contributed by atoms with E-state index >= 15 is 0 Å². The molecule has 1 aromatic rings.